The topological polar surface area (TPSA) is 88.7 Å². The Kier molecular flexibility index (Phi) is 6.33. The van der Waals surface area contributed by atoms with E-state index in [1.54, 1.807) is 12.1 Å². The molecule has 7 nitrogen and oxygen atoms in total. The van der Waals surface area contributed by atoms with Crippen LogP contribution >= 0.6 is 15.9 Å². The summed E-state index contributed by atoms with van der Waals surface area (Å²) in [6.07, 6.45) is 1.45. The summed E-state index contributed by atoms with van der Waals surface area (Å²) in [6.45, 7) is 4.54. The molecule has 0 radical (unpaired) electrons. The summed E-state index contributed by atoms with van der Waals surface area (Å²) in [5.41, 5.74) is 6.60. The average Bonchev–Trinajstić information content (AvgIpc) is 2.98. The van der Waals surface area contributed by atoms with Gasteiger partial charge in [-0.1, -0.05) is 12.1 Å². The van der Waals surface area contributed by atoms with Crippen molar-refractivity contribution in [3.63, 3.8) is 0 Å². The number of ether oxygens (including phenoxy) is 1. The fourth-order valence-corrected chi connectivity index (χ4v) is 3.55. The largest absolute Gasteiger partial charge is 0.504 e. The van der Waals surface area contributed by atoms with E-state index < -0.39 is 0 Å². The molecule has 2 N–H and O–H groups in total. The molecule has 8 heteroatoms. The molecule has 0 spiro atoms. The number of hydrazone groups is 1. The first kappa shape index (κ1) is 20.6. The van der Waals surface area contributed by atoms with Crippen LogP contribution in [0.25, 0.3) is 0 Å². The highest BCUT2D eigenvalue weighted by Crippen LogP contribution is 2.34. The number of aromatic nitrogens is 2. The highest BCUT2D eigenvalue weighted by atomic mass is 79.9. The molecule has 2 aromatic carbocycles. The lowest BCUT2D eigenvalue weighted by molar-refractivity contribution is 0.0955. The van der Waals surface area contributed by atoms with Crippen molar-refractivity contribution in [2.45, 2.75) is 20.4 Å². The third kappa shape index (κ3) is 5.03. The van der Waals surface area contributed by atoms with Gasteiger partial charge in [-0.05, 0) is 71.2 Å². The van der Waals surface area contributed by atoms with Crippen molar-refractivity contribution < 1.29 is 14.6 Å². The smallest absolute Gasteiger partial charge is 0.271 e. The number of methoxy groups -OCH3 is 1. The van der Waals surface area contributed by atoms with Crippen molar-refractivity contribution in [3.8, 4) is 11.5 Å². The number of aromatic hydroxyl groups is 1. The molecule has 1 heterocycles. The van der Waals surface area contributed by atoms with E-state index in [4.69, 9.17) is 4.74 Å². The lowest BCUT2D eigenvalue weighted by Crippen LogP contribution is -2.18. The molecule has 3 aromatic rings. The molecule has 1 amide bonds. The van der Waals surface area contributed by atoms with Gasteiger partial charge in [-0.15, -0.1) is 0 Å². The maximum atomic E-state index is 12.4. The number of carbonyl (C=O) groups excluding carboxylic acids is 1. The van der Waals surface area contributed by atoms with Crippen LogP contribution in [0.3, 0.4) is 0 Å². The summed E-state index contributed by atoms with van der Waals surface area (Å²) >= 11 is 3.32. The number of nitrogens with zero attached hydrogens (tertiary/aromatic N) is 3. The van der Waals surface area contributed by atoms with Crippen LogP contribution in [0.2, 0.25) is 0 Å². The Labute approximate surface area is 177 Å². The van der Waals surface area contributed by atoms with Crippen molar-refractivity contribution in [1.82, 2.24) is 15.2 Å². The molecule has 0 saturated heterocycles. The summed E-state index contributed by atoms with van der Waals surface area (Å²) in [5, 5.41) is 18.3. The highest BCUT2D eigenvalue weighted by Gasteiger charge is 2.09. The fourth-order valence-electron chi connectivity index (χ4n) is 2.92. The Hall–Kier alpha value is -3.13. The van der Waals surface area contributed by atoms with Crippen LogP contribution < -0.4 is 10.2 Å². The molecular formula is C21H21BrN4O3. The zero-order valence-corrected chi connectivity index (χ0v) is 17.9. The number of benzene rings is 2. The van der Waals surface area contributed by atoms with E-state index in [0.717, 1.165) is 17.0 Å². The minimum absolute atomic E-state index is 0.0218. The van der Waals surface area contributed by atoms with Crippen molar-refractivity contribution in [3.05, 3.63) is 75.0 Å². The van der Waals surface area contributed by atoms with Gasteiger partial charge in [0.15, 0.2) is 11.5 Å². The number of amides is 1. The van der Waals surface area contributed by atoms with E-state index in [2.05, 4.69) is 31.6 Å². The molecule has 0 unspecified atom stereocenters. The van der Waals surface area contributed by atoms with Crippen molar-refractivity contribution >= 4 is 28.1 Å². The molecule has 0 saturated carbocycles. The minimum atomic E-state index is -0.326. The highest BCUT2D eigenvalue weighted by molar-refractivity contribution is 9.10. The van der Waals surface area contributed by atoms with E-state index in [0.29, 0.717) is 27.9 Å². The van der Waals surface area contributed by atoms with Crippen LogP contribution in [0.4, 0.5) is 0 Å². The normalized spacial score (nSPS) is 11.0. The lowest BCUT2D eigenvalue weighted by Gasteiger charge is -2.07. The quantitative estimate of drug-likeness (QED) is 0.436. The number of carbonyl (C=O) groups is 1. The van der Waals surface area contributed by atoms with Crippen molar-refractivity contribution in [2.75, 3.05) is 7.11 Å². The van der Waals surface area contributed by atoms with Crippen LogP contribution in [0.5, 0.6) is 11.5 Å². The van der Waals surface area contributed by atoms with Crippen LogP contribution in [-0.4, -0.2) is 34.1 Å². The number of phenolic OH excluding ortho intramolecular Hbond substituents is 1. The molecule has 0 atom stereocenters. The summed E-state index contributed by atoms with van der Waals surface area (Å²) in [5.74, 6) is -0.00890. The first-order chi connectivity index (χ1) is 13.9. The molecule has 29 heavy (non-hydrogen) atoms. The first-order valence-electron chi connectivity index (χ1n) is 8.87. The van der Waals surface area contributed by atoms with Gasteiger partial charge >= 0.3 is 0 Å². The fraction of sp³-hybridized carbons (Fsp3) is 0.190. The Morgan fingerprint density at radius 2 is 2.10 bits per heavy atom. The predicted molar refractivity (Wildman–Crippen MR) is 115 cm³/mol. The summed E-state index contributed by atoms with van der Waals surface area (Å²) in [7, 11) is 1.47. The van der Waals surface area contributed by atoms with Gasteiger partial charge in [0.05, 0.1) is 30.0 Å². The molecule has 3 rings (SSSR count). The minimum Gasteiger partial charge on any atom is -0.504 e. The van der Waals surface area contributed by atoms with Gasteiger partial charge < -0.3 is 9.84 Å². The van der Waals surface area contributed by atoms with Gasteiger partial charge in [0, 0.05) is 11.3 Å². The van der Waals surface area contributed by atoms with Crippen LogP contribution in [0, 0.1) is 13.8 Å². The SMILES string of the molecule is COc1c(O)cc(/C=N/NC(=O)c2cccc(Cn3nc(C)cc3C)c2)cc1Br. The second kappa shape index (κ2) is 8.91. The summed E-state index contributed by atoms with van der Waals surface area (Å²) in [6, 6.07) is 12.6. The van der Waals surface area contributed by atoms with Gasteiger partial charge in [-0.2, -0.15) is 10.2 Å². The second-order valence-corrected chi connectivity index (χ2v) is 7.39. The van der Waals surface area contributed by atoms with Crippen LogP contribution in [-0.2, 0) is 6.54 Å². The van der Waals surface area contributed by atoms with Crippen LogP contribution in [0.1, 0.15) is 32.9 Å². The molecular weight excluding hydrogens is 436 g/mol. The van der Waals surface area contributed by atoms with Crippen LogP contribution in [0.15, 0.2) is 52.0 Å². The van der Waals surface area contributed by atoms with Crippen molar-refractivity contribution in [2.24, 2.45) is 5.10 Å². The molecule has 150 valence electrons. The third-order valence-electron chi connectivity index (χ3n) is 4.26. The Morgan fingerprint density at radius 1 is 1.31 bits per heavy atom. The molecule has 0 aliphatic carbocycles. The molecule has 0 aliphatic rings. The maximum Gasteiger partial charge on any atom is 0.271 e. The molecule has 1 aromatic heterocycles. The molecule has 0 fully saturated rings. The monoisotopic (exact) mass is 456 g/mol. The van der Waals surface area contributed by atoms with Crippen molar-refractivity contribution in [1.29, 1.82) is 0 Å². The standard InChI is InChI=1S/C21H21BrN4O3/c1-13-7-14(2)26(25-13)12-15-5-4-6-17(8-15)21(28)24-23-11-16-9-18(22)20(29-3)19(27)10-16/h4-11,27H,12H2,1-3H3,(H,24,28)/b23-11+. The second-order valence-electron chi connectivity index (χ2n) is 6.54. The summed E-state index contributed by atoms with van der Waals surface area (Å²) < 4.78 is 7.57. The Bertz CT molecular complexity index is 1050. The van der Waals surface area contributed by atoms with Gasteiger partial charge in [0.1, 0.15) is 0 Å². The Balaban J connectivity index is 1.68. The number of phenols is 1. The third-order valence-corrected chi connectivity index (χ3v) is 4.84. The first-order valence-corrected chi connectivity index (χ1v) is 9.66. The van der Waals surface area contributed by atoms with E-state index in [1.807, 2.05) is 42.8 Å². The number of aryl methyl sites for hydroxylation is 2. The van der Waals surface area contributed by atoms with E-state index in [1.165, 1.54) is 19.4 Å². The number of hydrogen-bond donors (Lipinski definition) is 2. The summed E-state index contributed by atoms with van der Waals surface area (Å²) in [4.78, 5) is 12.4. The number of rotatable bonds is 6. The maximum absolute atomic E-state index is 12.4. The average molecular weight is 457 g/mol. The van der Waals surface area contributed by atoms with Gasteiger partial charge in [0.2, 0.25) is 0 Å². The Morgan fingerprint density at radius 3 is 2.76 bits per heavy atom. The number of halogens is 1. The zero-order chi connectivity index (χ0) is 21.0. The molecule has 0 bridgehead atoms. The molecule has 0 aliphatic heterocycles. The predicted octanol–water partition coefficient (Wildman–Crippen LogP) is 3.79. The number of hydrogen-bond acceptors (Lipinski definition) is 5. The number of nitrogens with one attached hydrogen (secondary N) is 1. The van der Waals surface area contributed by atoms with Gasteiger partial charge in [0.25, 0.3) is 5.91 Å². The van der Waals surface area contributed by atoms with Gasteiger partial charge in [-0.25, -0.2) is 5.43 Å². The zero-order valence-electron chi connectivity index (χ0n) is 16.3. The van der Waals surface area contributed by atoms with E-state index in [9.17, 15) is 9.90 Å². The van der Waals surface area contributed by atoms with Gasteiger partial charge in [-0.3, -0.25) is 9.48 Å². The lowest BCUT2D eigenvalue weighted by atomic mass is 10.1. The van der Waals surface area contributed by atoms with E-state index >= 15 is 0 Å². The van der Waals surface area contributed by atoms with E-state index in [-0.39, 0.29) is 11.7 Å².